The predicted octanol–water partition coefficient (Wildman–Crippen LogP) is 13.4. The van der Waals surface area contributed by atoms with Crippen LogP contribution in [0.5, 0.6) is 0 Å². The van der Waals surface area contributed by atoms with Crippen LogP contribution >= 0.6 is 0 Å². The molecule has 0 bridgehead atoms. The van der Waals surface area contributed by atoms with E-state index in [1.54, 1.807) is 0 Å². The van der Waals surface area contributed by atoms with Gasteiger partial charge in [0.2, 0.25) is 0 Å². The van der Waals surface area contributed by atoms with Crippen molar-refractivity contribution in [3.8, 4) is 0 Å². The van der Waals surface area contributed by atoms with Gasteiger partial charge >= 0.3 is 0 Å². The molecule has 0 heteroatoms. The second kappa shape index (κ2) is 15.6. The molecular weight excluding hydrogens is 480 g/mol. The van der Waals surface area contributed by atoms with Gasteiger partial charge in [0.15, 0.2) is 0 Å². The molecule has 0 fully saturated rings. The van der Waals surface area contributed by atoms with E-state index < -0.39 is 0 Å². The zero-order chi connectivity index (χ0) is 28.2. The molecular formula is C40H50. The smallest absolute Gasteiger partial charge is 0.00143 e. The van der Waals surface area contributed by atoms with Gasteiger partial charge in [-0.2, -0.15) is 0 Å². The molecule has 0 amide bonds. The molecule has 0 saturated heterocycles. The Balaban J connectivity index is 1.99. The van der Waals surface area contributed by atoms with Crippen molar-refractivity contribution in [2.24, 2.45) is 0 Å². The summed E-state index contributed by atoms with van der Waals surface area (Å²) in [5.74, 6) is 0. The third-order valence-corrected chi connectivity index (χ3v) is 8.11. The van der Waals surface area contributed by atoms with Gasteiger partial charge in [0.25, 0.3) is 0 Å². The predicted molar refractivity (Wildman–Crippen MR) is 184 cm³/mol. The van der Waals surface area contributed by atoms with Gasteiger partial charge in [-0.05, 0) is 92.4 Å². The van der Waals surface area contributed by atoms with Gasteiger partial charge in [0.1, 0.15) is 0 Å². The first-order valence-corrected chi connectivity index (χ1v) is 16.2. The molecule has 0 aliphatic carbocycles. The van der Waals surface area contributed by atoms with Crippen molar-refractivity contribution < 1.29 is 0 Å². The Morgan fingerprint density at radius 1 is 0.400 bits per heavy atom. The Kier molecular flexibility index (Phi) is 11.7. The van der Waals surface area contributed by atoms with Crippen LogP contribution in [0.3, 0.4) is 0 Å². The van der Waals surface area contributed by atoms with Crippen molar-refractivity contribution >= 4 is 56.6 Å². The molecule has 210 valence electrons. The van der Waals surface area contributed by atoms with Crippen LogP contribution in [-0.2, 0) is 0 Å². The minimum Gasteiger partial charge on any atom is -0.0839 e. The lowest BCUT2D eigenvalue weighted by Gasteiger charge is -2.18. The molecule has 0 atom stereocenters. The van der Waals surface area contributed by atoms with Crippen LogP contribution < -0.4 is 0 Å². The van der Waals surface area contributed by atoms with Crippen LogP contribution in [-0.4, -0.2) is 0 Å². The summed E-state index contributed by atoms with van der Waals surface area (Å²) in [6, 6.07) is 14.4. The summed E-state index contributed by atoms with van der Waals surface area (Å²) in [5, 5.41) is 8.35. The standard InChI is InChI=1S/C40H50/c1-5-9-13-17-21-31-29-32(22-18-14-10-6-2)36-27-28-38-34(24-20-16-12-8-4)30-33(23-19-15-11-7-3)37-26-25-35(31)39(36)40(37)38/h17-30H,5-16H2,1-4H3. The van der Waals surface area contributed by atoms with E-state index in [4.69, 9.17) is 0 Å². The van der Waals surface area contributed by atoms with Crippen LogP contribution in [0.25, 0.3) is 56.6 Å². The largest absolute Gasteiger partial charge is 0.0839 e. The third kappa shape index (κ3) is 7.14. The Labute approximate surface area is 243 Å². The van der Waals surface area contributed by atoms with E-state index in [9.17, 15) is 0 Å². The van der Waals surface area contributed by atoms with E-state index in [1.807, 2.05) is 0 Å². The summed E-state index contributed by atoms with van der Waals surface area (Å²) in [6.45, 7) is 9.08. The minimum absolute atomic E-state index is 1.14. The normalized spacial score (nSPS) is 12.8. The first-order valence-electron chi connectivity index (χ1n) is 16.2. The van der Waals surface area contributed by atoms with E-state index in [1.165, 1.54) is 106 Å². The van der Waals surface area contributed by atoms with Crippen molar-refractivity contribution in [1.29, 1.82) is 0 Å². The first-order chi connectivity index (χ1) is 19.7. The number of rotatable bonds is 16. The lowest BCUT2D eigenvalue weighted by atomic mass is 9.85. The average molecular weight is 531 g/mol. The van der Waals surface area contributed by atoms with Gasteiger partial charge in [-0.15, -0.1) is 0 Å². The Hall–Kier alpha value is -3.12. The van der Waals surface area contributed by atoms with E-state index >= 15 is 0 Å². The molecule has 0 aromatic heterocycles. The zero-order valence-electron chi connectivity index (χ0n) is 25.6. The highest BCUT2D eigenvalue weighted by molar-refractivity contribution is 6.27. The summed E-state index contributed by atoms with van der Waals surface area (Å²) < 4.78 is 0. The molecule has 0 N–H and O–H groups in total. The minimum atomic E-state index is 1.14. The highest BCUT2D eigenvalue weighted by Crippen LogP contribution is 2.42. The molecule has 0 radical (unpaired) electrons. The number of unbranched alkanes of at least 4 members (excludes halogenated alkanes) is 8. The van der Waals surface area contributed by atoms with Crippen LogP contribution in [0.1, 0.15) is 127 Å². The summed E-state index contributed by atoms with van der Waals surface area (Å²) in [4.78, 5) is 0. The maximum Gasteiger partial charge on any atom is -0.00143 e. The van der Waals surface area contributed by atoms with E-state index in [0.717, 1.165) is 25.7 Å². The average Bonchev–Trinajstić information content (AvgIpc) is 2.98. The summed E-state index contributed by atoms with van der Waals surface area (Å²) in [6.07, 6.45) is 33.5. The Morgan fingerprint density at radius 2 is 0.650 bits per heavy atom. The molecule has 0 nitrogen and oxygen atoms in total. The Bertz CT molecular complexity index is 1260. The fourth-order valence-corrected chi connectivity index (χ4v) is 5.78. The summed E-state index contributed by atoms with van der Waals surface area (Å²) in [5.41, 5.74) is 5.38. The molecule has 0 spiro atoms. The number of allylic oxidation sites excluding steroid dienone is 4. The van der Waals surface area contributed by atoms with Crippen LogP contribution in [0.4, 0.5) is 0 Å². The van der Waals surface area contributed by atoms with E-state index in [-0.39, 0.29) is 0 Å². The summed E-state index contributed by atoms with van der Waals surface area (Å²) >= 11 is 0. The molecule has 4 rings (SSSR count). The quantitative estimate of drug-likeness (QED) is 0.0998. The molecule has 0 heterocycles. The molecule has 0 unspecified atom stereocenters. The maximum atomic E-state index is 2.42. The fraction of sp³-hybridized carbons (Fsp3) is 0.400. The van der Waals surface area contributed by atoms with Crippen molar-refractivity contribution in [3.05, 3.63) is 83.0 Å². The maximum absolute atomic E-state index is 2.42. The molecule has 0 aliphatic heterocycles. The van der Waals surface area contributed by atoms with Crippen LogP contribution in [0.15, 0.2) is 60.7 Å². The van der Waals surface area contributed by atoms with Gasteiger partial charge in [-0.1, -0.05) is 152 Å². The van der Waals surface area contributed by atoms with Crippen molar-refractivity contribution in [1.82, 2.24) is 0 Å². The second-order valence-corrected chi connectivity index (χ2v) is 11.4. The van der Waals surface area contributed by atoms with Crippen LogP contribution in [0, 0.1) is 0 Å². The van der Waals surface area contributed by atoms with Gasteiger partial charge in [-0.25, -0.2) is 0 Å². The number of hydrogen-bond acceptors (Lipinski definition) is 0. The van der Waals surface area contributed by atoms with Crippen molar-refractivity contribution in [3.63, 3.8) is 0 Å². The molecule has 4 aromatic rings. The van der Waals surface area contributed by atoms with Crippen LogP contribution in [0.2, 0.25) is 0 Å². The van der Waals surface area contributed by atoms with Gasteiger partial charge in [-0.3, -0.25) is 0 Å². The lowest BCUT2D eigenvalue weighted by Crippen LogP contribution is -1.93. The van der Waals surface area contributed by atoms with Gasteiger partial charge in [0.05, 0.1) is 0 Å². The summed E-state index contributed by atoms with van der Waals surface area (Å²) in [7, 11) is 0. The molecule has 0 saturated carbocycles. The SMILES string of the molecule is CCCCC=Cc1cc(C=CCCCC)c2ccc3c(C=CCCCC)cc(C=CCCCC)c4ccc1c2c43. The Morgan fingerprint density at radius 3 is 0.875 bits per heavy atom. The lowest BCUT2D eigenvalue weighted by molar-refractivity contribution is 0.816. The zero-order valence-corrected chi connectivity index (χ0v) is 25.6. The van der Waals surface area contributed by atoms with Crippen molar-refractivity contribution in [2.45, 2.75) is 105 Å². The molecule has 4 aromatic carbocycles. The van der Waals surface area contributed by atoms with E-state index in [2.05, 4.69) is 113 Å². The molecule has 40 heavy (non-hydrogen) atoms. The third-order valence-electron chi connectivity index (χ3n) is 8.11. The highest BCUT2D eigenvalue weighted by atomic mass is 14.2. The van der Waals surface area contributed by atoms with Crippen molar-refractivity contribution in [2.75, 3.05) is 0 Å². The number of benzene rings is 4. The number of hydrogen-bond donors (Lipinski definition) is 0. The van der Waals surface area contributed by atoms with Gasteiger partial charge < -0.3 is 0 Å². The molecule has 0 aliphatic rings. The monoisotopic (exact) mass is 530 g/mol. The van der Waals surface area contributed by atoms with E-state index in [0.29, 0.717) is 0 Å². The topological polar surface area (TPSA) is 0 Å². The fourth-order valence-electron chi connectivity index (χ4n) is 5.78. The van der Waals surface area contributed by atoms with Gasteiger partial charge in [0, 0.05) is 0 Å². The second-order valence-electron chi connectivity index (χ2n) is 11.4. The first kappa shape index (κ1) is 29.9. The highest BCUT2D eigenvalue weighted by Gasteiger charge is 2.16.